The summed E-state index contributed by atoms with van der Waals surface area (Å²) in [6.45, 7) is 10.0. The molecule has 1 heterocycles. The van der Waals surface area contributed by atoms with Gasteiger partial charge in [-0.1, -0.05) is 27.7 Å². The number of hydrogen-bond donors (Lipinski definition) is 1. The molecule has 0 aliphatic heterocycles. The van der Waals surface area contributed by atoms with E-state index in [1.165, 1.54) is 0 Å². The van der Waals surface area contributed by atoms with Crippen LogP contribution in [-0.4, -0.2) is 17.6 Å². The van der Waals surface area contributed by atoms with Crippen molar-refractivity contribution in [1.29, 1.82) is 0 Å². The predicted molar refractivity (Wildman–Crippen MR) is 92.7 cm³/mol. The number of benzene rings is 1. The van der Waals surface area contributed by atoms with Gasteiger partial charge in [-0.05, 0) is 43.0 Å². The highest BCUT2D eigenvalue weighted by atomic mass is 15.2. The molecule has 3 heteroatoms. The van der Waals surface area contributed by atoms with Crippen molar-refractivity contribution in [1.82, 2.24) is 4.98 Å². The van der Waals surface area contributed by atoms with E-state index in [1.54, 1.807) is 0 Å². The van der Waals surface area contributed by atoms with E-state index in [9.17, 15) is 0 Å². The van der Waals surface area contributed by atoms with Gasteiger partial charge in [0, 0.05) is 24.2 Å². The summed E-state index contributed by atoms with van der Waals surface area (Å²) in [4.78, 5) is 6.87. The molecule has 2 N–H and O–H groups in total. The molecule has 0 amide bonds. The van der Waals surface area contributed by atoms with E-state index < -0.39 is 0 Å². The fourth-order valence-electron chi connectivity index (χ4n) is 2.98. The van der Waals surface area contributed by atoms with Crippen LogP contribution >= 0.6 is 0 Å². The Kier molecular flexibility index (Phi) is 5.05. The van der Waals surface area contributed by atoms with Crippen molar-refractivity contribution in [3.05, 3.63) is 30.5 Å². The number of anilines is 2. The van der Waals surface area contributed by atoms with E-state index in [4.69, 9.17) is 5.73 Å². The minimum atomic E-state index is 0.531. The lowest BCUT2D eigenvalue weighted by molar-refractivity contribution is 0.508. The lowest BCUT2D eigenvalue weighted by Gasteiger charge is -2.35. The smallest absolute Gasteiger partial charge is 0.0724 e. The first-order valence-electron chi connectivity index (χ1n) is 7.98. The van der Waals surface area contributed by atoms with E-state index in [2.05, 4.69) is 55.8 Å². The average molecular weight is 285 g/mol. The molecule has 0 radical (unpaired) electrons. The fraction of sp³-hybridized carbons (Fsp3) is 0.500. The van der Waals surface area contributed by atoms with Crippen LogP contribution in [0.3, 0.4) is 0 Å². The molecule has 0 aliphatic rings. The highest BCUT2D eigenvalue weighted by Crippen LogP contribution is 2.33. The van der Waals surface area contributed by atoms with Gasteiger partial charge >= 0.3 is 0 Å². The van der Waals surface area contributed by atoms with Gasteiger partial charge in [0.05, 0.1) is 16.9 Å². The second-order valence-corrected chi connectivity index (χ2v) is 6.08. The second-order valence-electron chi connectivity index (χ2n) is 6.08. The maximum atomic E-state index is 6.46. The molecule has 1 aromatic heterocycles. The van der Waals surface area contributed by atoms with Crippen LogP contribution in [0.1, 0.15) is 40.5 Å². The van der Waals surface area contributed by atoms with Gasteiger partial charge in [-0.2, -0.15) is 0 Å². The molecule has 0 saturated carbocycles. The molecular formula is C18H27N3. The minimum Gasteiger partial charge on any atom is -0.396 e. The van der Waals surface area contributed by atoms with Gasteiger partial charge in [-0.15, -0.1) is 0 Å². The zero-order chi connectivity index (χ0) is 15.4. The highest BCUT2D eigenvalue weighted by Gasteiger charge is 2.20. The second kappa shape index (κ2) is 6.79. The van der Waals surface area contributed by atoms with Crippen LogP contribution in [0.4, 0.5) is 11.4 Å². The van der Waals surface area contributed by atoms with Gasteiger partial charge in [-0.25, -0.2) is 0 Å². The van der Waals surface area contributed by atoms with Gasteiger partial charge in [0.15, 0.2) is 0 Å². The third-order valence-corrected chi connectivity index (χ3v) is 4.06. The number of rotatable bonds is 6. The summed E-state index contributed by atoms with van der Waals surface area (Å²) in [6, 6.07) is 8.75. The van der Waals surface area contributed by atoms with E-state index in [0.717, 1.165) is 41.7 Å². The molecule has 0 fully saturated rings. The van der Waals surface area contributed by atoms with E-state index in [0.29, 0.717) is 12.0 Å². The van der Waals surface area contributed by atoms with Crippen LogP contribution in [0.15, 0.2) is 30.5 Å². The Morgan fingerprint density at radius 3 is 2.48 bits per heavy atom. The van der Waals surface area contributed by atoms with Crippen molar-refractivity contribution < 1.29 is 0 Å². The molecule has 2 aromatic rings. The first-order valence-corrected chi connectivity index (χ1v) is 7.98. The van der Waals surface area contributed by atoms with Gasteiger partial charge in [-0.3, -0.25) is 4.98 Å². The van der Waals surface area contributed by atoms with Gasteiger partial charge < -0.3 is 10.6 Å². The monoisotopic (exact) mass is 285 g/mol. The van der Waals surface area contributed by atoms with Gasteiger partial charge in [0.2, 0.25) is 0 Å². The Labute approximate surface area is 128 Å². The first-order chi connectivity index (χ1) is 10.1. The van der Waals surface area contributed by atoms with Gasteiger partial charge in [0.1, 0.15) is 0 Å². The lowest BCUT2D eigenvalue weighted by Crippen LogP contribution is -2.37. The van der Waals surface area contributed by atoms with Crippen LogP contribution in [-0.2, 0) is 0 Å². The molecule has 21 heavy (non-hydrogen) atoms. The molecule has 1 aromatic carbocycles. The molecule has 0 aliphatic carbocycles. The predicted octanol–water partition coefficient (Wildman–Crippen LogP) is 4.47. The van der Waals surface area contributed by atoms with E-state index in [-0.39, 0.29) is 0 Å². The van der Waals surface area contributed by atoms with Crippen LogP contribution < -0.4 is 10.6 Å². The number of fused-ring (bicyclic) bond motifs is 1. The Balaban J connectivity index is 2.51. The fourth-order valence-corrected chi connectivity index (χ4v) is 2.98. The van der Waals surface area contributed by atoms with Crippen molar-refractivity contribution >= 4 is 22.3 Å². The molecule has 2 rings (SSSR count). The van der Waals surface area contributed by atoms with Crippen molar-refractivity contribution in [3.63, 3.8) is 0 Å². The van der Waals surface area contributed by atoms with Crippen LogP contribution in [0, 0.1) is 5.92 Å². The summed E-state index contributed by atoms with van der Waals surface area (Å²) >= 11 is 0. The van der Waals surface area contributed by atoms with E-state index in [1.807, 2.05) is 12.3 Å². The quantitative estimate of drug-likeness (QED) is 0.796. The number of nitrogens with zero attached hydrogens (tertiary/aromatic N) is 2. The summed E-state index contributed by atoms with van der Waals surface area (Å²) in [7, 11) is 0. The SMILES string of the molecule is CCC(CC)N(CC(C)C)c1ccc2ncccc2c1N. The minimum absolute atomic E-state index is 0.531. The Morgan fingerprint density at radius 2 is 1.86 bits per heavy atom. The van der Waals surface area contributed by atoms with Crippen molar-refractivity contribution in [2.45, 2.75) is 46.6 Å². The summed E-state index contributed by atoms with van der Waals surface area (Å²) < 4.78 is 0. The molecule has 0 bridgehead atoms. The first kappa shape index (κ1) is 15.6. The molecule has 0 spiro atoms. The summed E-state index contributed by atoms with van der Waals surface area (Å²) in [5.74, 6) is 0.606. The number of pyridine rings is 1. The third kappa shape index (κ3) is 3.29. The molecule has 0 saturated heterocycles. The topological polar surface area (TPSA) is 42.2 Å². The van der Waals surface area contributed by atoms with Crippen molar-refractivity contribution in [3.8, 4) is 0 Å². The zero-order valence-electron chi connectivity index (χ0n) is 13.6. The Hall–Kier alpha value is -1.77. The standard InChI is InChI=1S/C18H27N3/c1-5-14(6-2)21(12-13(3)4)17-10-9-16-15(18(17)19)8-7-11-20-16/h7-11,13-14H,5-6,12,19H2,1-4H3. The van der Waals surface area contributed by atoms with Crippen LogP contribution in [0.5, 0.6) is 0 Å². The molecule has 3 nitrogen and oxygen atoms in total. The van der Waals surface area contributed by atoms with Crippen LogP contribution in [0.25, 0.3) is 10.9 Å². The number of hydrogen-bond acceptors (Lipinski definition) is 3. The van der Waals surface area contributed by atoms with Crippen molar-refractivity contribution in [2.75, 3.05) is 17.2 Å². The average Bonchev–Trinajstić information content (AvgIpc) is 2.48. The normalized spacial score (nSPS) is 11.5. The number of nitrogens with two attached hydrogens (primary N) is 1. The lowest BCUT2D eigenvalue weighted by atomic mass is 10.0. The number of nitrogen functional groups attached to an aromatic ring is 1. The highest BCUT2D eigenvalue weighted by molar-refractivity contribution is 5.97. The number of aromatic nitrogens is 1. The Morgan fingerprint density at radius 1 is 1.14 bits per heavy atom. The molecule has 0 atom stereocenters. The van der Waals surface area contributed by atoms with E-state index >= 15 is 0 Å². The van der Waals surface area contributed by atoms with Crippen LogP contribution in [0.2, 0.25) is 0 Å². The maximum Gasteiger partial charge on any atom is 0.0724 e. The largest absolute Gasteiger partial charge is 0.396 e. The van der Waals surface area contributed by atoms with Crippen molar-refractivity contribution in [2.24, 2.45) is 5.92 Å². The summed E-state index contributed by atoms with van der Waals surface area (Å²) in [5, 5.41) is 1.05. The summed E-state index contributed by atoms with van der Waals surface area (Å²) in [5.41, 5.74) is 9.43. The van der Waals surface area contributed by atoms with Gasteiger partial charge in [0.25, 0.3) is 0 Å². The Bertz CT molecular complexity index is 588. The maximum absolute atomic E-state index is 6.46. The summed E-state index contributed by atoms with van der Waals surface area (Å²) in [6.07, 6.45) is 4.08. The zero-order valence-corrected chi connectivity index (χ0v) is 13.6. The molecule has 0 unspecified atom stereocenters. The molecular weight excluding hydrogens is 258 g/mol. The molecule has 114 valence electrons. The third-order valence-electron chi connectivity index (χ3n) is 4.06.